The first-order chi connectivity index (χ1) is 10.6. The summed E-state index contributed by atoms with van der Waals surface area (Å²) in [7, 11) is 0. The second-order valence-electron chi connectivity index (χ2n) is 4.81. The lowest BCUT2D eigenvalue weighted by molar-refractivity contribution is 0.102. The van der Waals surface area contributed by atoms with Crippen molar-refractivity contribution in [2.45, 2.75) is 6.92 Å². The van der Waals surface area contributed by atoms with Crippen LogP contribution in [0.2, 0.25) is 5.02 Å². The number of hydrogen-bond acceptors (Lipinski definition) is 3. The Morgan fingerprint density at radius 3 is 2.50 bits per heavy atom. The number of benzene rings is 2. The third-order valence-electron chi connectivity index (χ3n) is 3.32. The van der Waals surface area contributed by atoms with Gasteiger partial charge in [-0.1, -0.05) is 47.1 Å². The minimum Gasteiger partial charge on any atom is -0.361 e. The first-order valence-electron chi connectivity index (χ1n) is 6.73. The van der Waals surface area contributed by atoms with E-state index in [4.69, 9.17) is 16.1 Å². The number of anilines is 1. The molecule has 22 heavy (non-hydrogen) atoms. The molecular weight excluding hydrogens is 300 g/mol. The van der Waals surface area contributed by atoms with Crippen LogP contribution in [0.3, 0.4) is 0 Å². The predicted octanol–water partition coefficient (Wildman–Crippen LogP) is 4.56. The molecule has 5 heteroatoms. The maximum absolute atomic E-state index is 12.1. The van der Waals surface area contributed by atoms with Crippen LogP contribution in [-0.4, -0.2) is 11.1 Å². The average molecular weight is 313 g/mol. The molecule has 1 aromatic heterocycles. The van der Waals surface area contributed by atoms with E-state index in [0.717, 1.165) is 11.1 Å². The Balaban J connectivity index is 1.79. The van der Waals surface area contributed by atoms with Crippen molar-refractivity contribution in [2.24, 2.45) is 0 Å². The molecule has 3 rings (SSSR count). The van der Waals surface area contributed by atoms with Gasteiger partial charge in [0.15, 0.2) is 0 Å². The van der Waals surface area contributed by atoms with Crippen LogP contribution >= 0.6 is 11.6 Å². The topological polar surface area (TPSA) is 55.1 Å². The highest BCUT2D eigenvalue weighted by molar-refractivity contribution is 6.33. The number of nitrogens with one attached hydrogen (secondary N) is 1. The van der Waals surface area contributed by atoms with Gasteiger partial charge in [0.05, 0.1) is 6.20 Å². The molecule has 110 valence electrons. The predicted molar refractivity (Wildman–Crippen MR) is 86.1 cm³/mol. The Morgan fingerprint density at radius 1 is 1.14 bits per heavy atom. The normalized spacial score (nSPS) is 10.5. The number of halogens is 1. The van der Waals surface area contributed by atoms with Gasteiger partial charge >= 0.3 is 0 Å². The van der Waals surface area contributed by atoms with E-state index in [1.54, 1.807) is 6.92 Å². The standard InChI is InChI=1S/C17H13ClN2O2/c1-11-15(10-19-22-11)17(21)20-13-8-6-12(7-9-13)14-4-2-3-5-16(14)18/h2-10H,1H3,(H,20,21). The molecule has 0 atom stereocenters. The first-order valence-corrected chi connectivity index (χ1v) is 7.10. The summed E-state index contributed by atoms with van der Waals surface area (Å²) in [5.41, 5.74) is 3.07. The van der Waals surface area contributed by atoms with Gasteiger partial charge in [-0.3, -0.25) is 4.79 Å². The van der Waals surface area contributed by atoms with E-state index >= 15 is 0 Å². The van der Waals surface area contributed by atoms with Crippen molar-refractivity contribution in [3.63, 3.8) is 0 Å². The van der Waals surface area contributed by atoms with Crippen LogP contribution in [0.25, 0.3) is 11.1 Å². The number of hydrogen-bond donors (Lipinski definition) is 1. The summed E-state index contributed by atoms with van der Waals surface area (Å²) in [4.78, 5) is 12.1. The molecule has 0 unspecified atom stereocenters. The van der Waals surface area contributed by atoms with Gasteiger partial charge in [0.2, 0.25) is 0 Å². The second-order valence-corrected chi connectivity index (χ2v) is 5.21. The molecule has 0 bridgehead atoms. The average Bonchev–Trinajstić information content (AvgIpc) is 2.95. The highest BCUT2D eigenvalue weighted by Gasteiger charge is 2.13. The van der Waals surface area contributed by atoms with Crippen molar-refractivity contribution in [3.05, 3.63) is 71.1 Å². The molecule has 0 aliphatic carbocycles. The van der Waals surface area contributed by atoms with Gasteiger partial charge in [0, 0.05) is 16.3 Å². The van der Waals surface area contributed by atoms with E-state index in [9.17, 15) is 4.79 Å². The fraction of sp³-hybridized carbons (Fsp3) is 0.0588. The third kappa shape index (κ3) is 2.87. The molecule has 2 aromatic carbocycles. The van der Waals surface area contributed by atoms with E-state index < -0.39 is 0 Å². The summed E-state index contributed by atoms with van der Waals surface area (Å²) < 4.78 is 4.89. The van der Waals surface area contributed by atoms with Gasteiger partial charge in [-0.05, 0) is 30.7 Å². The number of aromatic nitrogens is 1. The van der Waals surface area contributed by atoms with Gasteiger partial charge in [0.1, 0.15) is 11.3 Å². The highest BCUT2D eigenvalue weighted by Crippen LogP contribution is 2.28. The molecule has 0 saturated heterocycles. The first kappa shape index (κ1) is 14.4. The van der Waals surface area contributed by atoms with Crippen molar-refractivity contribution >= 4 is 23.2 Å². The lowest BCUT2D eigenvalue weighted by Crippen LogP contribution is -2.11. The fourth-order valence-corrected chi connectivity index (χ4v) is 2.39. The lowest BCUT2D eigenvalue weighted by Gasteiger charge is -2.07. The second kappa shape index (κ2) is 6.03. The molecular formula is C17H13ClN2O2. The maximum atomic E-state index is 12.1. The Morgan fingerprint density at radius 2 is 1.86 bits per heavy atom. The summed E-state index contributed by atoms with van der Waals surface area (Å²) in [6.07, 6.45) is 1.41. The van der Waals surface area contributed by atoms with Crippen molar-refractivity contribution in [3.8, 4) is 11.1 Å². The zero-order valence-electron chi connectivity index (χ0n) is 11.8. The van der Waals surface area contributed by atoms with Gasteiger partial charge in [-0.25, -0.2) is 0 Å². The van der Waals surface area contributed by atoms with Crippen LogP contribution in [0.15, 0.2) is 59.3 Å². The molecule has 1 heterocycles. The van der Waals surface area contributed by atoms with Crippen molar-refractivity contribution in [1.29, 1.82) is 0 Å². The molecule has 1 N–H and O–H groups in total. The number of carbonyl (C=O) groups excluding carboxylic acids is 1. The molecule has 0 aliphatic heterocycles. The number of amides is 1. The summed E-state index contributed by atoms with van der Waals surface area (Å²) in [5.74, 6) is 0.245. The van der Waals surface area contributed by atoms with Gasteiger partial charge in [-0.2, -0.15) is 0 Å². The van der Waals surface area contributed by atoms with Crippen molar-refractivity contribution in [2.75, 3.05) is 5.32 Å². The summed E-state index contributed by atoms with van der Waals surface area (Å²) in [6.45, 7) is 1.70. The number of aryl methyl sites for hydroxylation is 1. The SMILES string of the molecule is Cc1oncc1C(=O)Nc1ccc(-c2ccccc2Cl)cc1. The summed E-state index contributed by atoms with van der Waals surface area (Å²) in [5, 5.41) is 7.10. The summed E-state index contributed by atoms with van der Waals surface area (Å²) >= 11 is 6.18. The van der Waals surface area contributed by atoms with Crippen molar-refractivity contribution < 1.29 is 9.32 Å². The summed E-state index contributed by atoms with van der Waals surface area (Å²) in [6, 6.07) is 15.1. The molecule has 0 saturated carbocycles. The van der Waals surface area contributed by atoms with Crippen LogP contribution in [0.1, 0.15) is 16.1 Å². The molecule has 0 fully saturated rings. The van der Waals surface area contributed by atoms with E-state index in [-0.39, 0.29) is 5.91 Å². The zero-order valence-corrected chi connectivity index (χ0v) is 12.6. The number of nitrogens with zero attached hydrogens (tertiary/aromatic N) is 1. The Labute approximate surface area is 132 Å². The Kier molecular flexibility index (Phi) is 3.94. The van der Waals surface area contributed by atoms with E-state index in [1.807, 2.05) is 48.5 Å². The molecule has 0 radical (unpaired) electrons. The Hall–Kier alpha value is -2.59. The highest BCUT2D eigenvalue weighted by atomic mass is 35.5. The van der Waals surface area contributed by atoms with Gasteiger partial charge < -0.3 is 9.84 Å². The Bertz CT molecular complexity index is 810. The smallest absolute Gasteiger partial charge is 0.260 e. The molecule has 3 aromatic rings. The number of carbonyl (C=O) groups is 1. The van der Waals surface area contributed by atoms with Crippen LogP contribution in [0.4, 0.5) is 5.69 Å². The van der Waals surface area contributed by atoms with E-state index in [0.29, 0.717) is 22.0 Å². The number of rotatable bonds is 3. The molecule has 0 spiro atoms. The quantitative estimate of drug-likeness (QED) is 0.771. The van der Waals surface area contributed by atoms with Crippen LogP contribution in [-0.2, 0) is 0 Å². The van der Waals surface area contributed by atoms with Crippen LogP contribution in [0.5, 0.6) is 0 Å². The van der Waals surface area contributed by atoms with Crippen LogP contribution in [0, 0.1) is 6.92 Å². The van der Waals surface area contributed by atoms with Gasteiger partial charge in [0.25, 0.3) is 5.91 Å². The third-order valence-corrected chi connectivity index (χ3v) is 3.65. The molecule has 4 nitrogen and oxygen atoms in total. The van der Waals surface area contributed by atoms with Gasteiger partial charge in [-0.15, -0.1) is 0 Å². The minimum atomic E-state index is -0.246. The van der Waals surface area contributed by atoms with Crippen molar-refractivity contribution in [1.82, 2.24) is 5.16 Å². The lowest BCUT2D eigenvalue weighted by atomic mass is 10.1. The minimum absolute atomic E-state index is 0.246. The fourth-order valence-electron chi connectivity index (χ4n) is 2.14. The zero-order chi connectivity index (χ0) is 15.5. The molecule has 0 aliphatic rings. The monoisotopic (exact) mass is 312 g/mol. The largest absolute Gasteiger partial charge is 0.361 e. The van der Waals surface area contributed by atoms with Crippen LogP contribution < -0.4 is 5.32 Å². The van der Waals surface area contributed by atoms with E-state index in [2.05, 4.69) is 10.5 Å². The maximum Gasteiger partial charge on any atom is 0.260 e. The molecule has 1 amide bonds. The van der Waals surface area contributed by atoms with E-state index in [1.165, 1.54) is 6.20 Å².